The first-order valence-corrected chi connectivity index (χ1v) is 16.1. The summed E-state index contributed by atoms with van der Waals surface area (Å²) >= 11 is 0. The van der Waals surface area contributed by atoms with Gasteiger partial charge in [-0.3, -0.25) is 0 Å². The van der Waals surface area contributed by atoms with Gasteiger partial charge in [0.2, 0.25) is 0 Å². The van der Waals surface area contributed by atoms with Crippen LogP contribution in [0.1, 0.15) is 181 Å². The van der Waals surface area contributed by atoms with Crippen molar-refractivity contribution in [2.45, 2.75) is 181 Å². The van der Waals surface area contributed by atoms with E-state index in [0.29, 0.717) is 35.5 Å². The molecule has 0 aliphatic heterocycles. The minimum absolute atomic E-state index is 0. The van der Waals surface area contributed by atoms with E-state index in [0.717, 1.165) is 57.8 Å². The third-order valence-corrected chi connectivity index (χ3v) is 7.59. The molecule has 0 aromatic heterocycles. The minimum Gasteiger partial charge on any atom is -0.550 e. The molecular formula is C36H69AlO6. The molecule has 7 heteroatoms. The smallest absolute Gasteiger partial charge is 0.550 e. The molecule has 0 saturated heterocycles. The van der Waals surface area contributed by atoms with Crippen molar-refractivity contribution in [1.82, 2.24) is 0 Å². The number of hydrogen-bond acceptors (Lipinski definition) is 6. The average molecular weight is 625 g/mol. The Morgan fingerprint density at radius 1 is 0.349 bits per heavy atom. The Balaban J connectivity index is -0.000000262. The van der Waals surface area contributed by atoms with E-state index in [1.165, 1.54) is 0 Å². The molecule has 0 aromatic rings. The fraction of sp³-hybridized carbons (Fsp3) is 0.917. The first-order chi connectivity index (χ1) is 18.5. The number of carbonyl (C=O) groups excluding carboxylic acids is 3. The molecule has 0 spiro atoms. The number of carboxylic acids is 3. The molecule has 6 nitrogen and oxygen atoms in total. The van der Waals surface area contributed by atoms with Crippen molar-refractivity contribution < 1.29 is 29.7 Å². The van der Waals surface area contributed by atoms with Gasteiger partial charge in [-0.25, -0.2) is 0 Å². The third kappa shape index (κ3) is 32.2. The van der Waals surface area contributed by atoms with Crippen molar-refractivity contribution in [2.75, 3.05) is 0 Å². The van der Waals surface area contributed by atoms with E-state index in [1.54, 1.807) is 41.5 Å². The van der Waals surface area contributed by atoms with Gasteiger partial charge in [-0.05, 0) is 54.8 Å². The van der Waals surface area contributed by atoms with Crippen LogP contribution in [0.5, 0.6) is 0 Å². The minimum atomic E-state index is -0.937. The Morgan fingerprint density at radius 2 is 0.488 bits per heavy atom. The molecule has 0 aromatic carbocycles. The fourth-order valence-electron chi connectivity index (χ4n) is 3.97. The maximum Gasteiger partial charge on any atom is 3.00 e. The van der Waals surface area contributed by atoms with Gasteiger partial charge in [-0.15, -0.1) is 0 Å². The Labute approximate surface area is 277 Å². The summed E-state index contributed by atoms with van der Waals surface area (Å²) < 4.78 is 0. The van der Waals surface area contributed by atoms with Crippen LogP contribution in [0.15, 0.2) is 0 Å². The summed E-state index contributed by atoms with van der Waals surface area (Å²) in [5, 5.41) is 32.1. The number of carboxylic acid groups (broad SMARTS) is 3. The van der Waals surface area contributed by atoms with Crippen LogP contribution >= 0.6 is 0 Å². The fourth-order valence-corrected chi connectivity index (χ4v) is 3.97. The molecule has 0 heterocycles. The molecular weight excluding hydrogens is 555 g/mol. The van der Waals surface area contributed by atoms with Gasteiger partial charge in [0.15, 0.2) is 0 Å². The van der Waals surface area contributed by atoms with Crippen LogP contribution in [0, 0.1) is 32.5 Å². The maximum absolute atomic E-state index is 10.7. The van der Waals surface area contributed by atoms with Crippen LogP contribution in [-0.4, -0.2) is 35.3 Å². The van der Waals surface area contributed by atoms with Gasteiger partial charge in [0, 0.05) is 34.2 Å². The molecule has 0 aliphatic carbocycles. The van der Waals surface area contributed by atoms with Gasteiger partial charge in [-0.2, -0.15) is 0 Å². The van der Waals surface area contributed by atoms with E-state index < -0.39 is 34.2 Å². The van der Waals surface area contributed by atoms with Gasteiger partial charge in [0.1, 0.15) is 0 Å². The standard InChI is InChI=1S/3C12H24O2.Al/c3*1-11(2,3)8-6-7-9-12(4,5)10(13)14;/h3*6-9H2,1-5H3,(H,13,14);/q;;;+3/p-3. The Kier molecular flexibility index (Phi) is 23.7. The zero-order valence-corrected chi connectivity index (χ0v) is 32.2. The van der Waals surface area contributed by atoms with E-state index in [9.17, 15) is 29.7 Å². The van der Waals surface area contributed by atoms with Crippen LogP contribution in [0.4, 0.5) is 0 Å². The molecule has 0 N–H and O–H groups in total. The van der Waals surface area contributed by atoms with Crippen molar-refractivity contribution in [1.29, 1.82) is 0 Å². The summed E-state index contributed by atoms with van der Waals surface area (Å²) in [6.45, 7) is 30.3. The first-order valence-electron chi connectivity index (χ1n) is 16.1. The summed E-state index contributed by atoms with van der Waals surface area (Å²) in [6.07, 6.45) is 11.8. The monoisotopic (exact) mass is 624 g/mol. The molecule has 0 saturated carbocycles. The van der Waals surface area contributed by atoms with Crippen LogP contribution < -0.4 is 15.3 Å². The molecule has 0 radical (unpaired) electrons. The summed E-state index contributed by atoms with van der Waals surface area (Å²) in [7, 11) is 0. The third-order valence-electron chi connectivity index (χ3n) is 7.59. The molecule has 0 fully saturated rings. The van der Waals surface area contributed by atoms with Gasteiger partial charge in [0.25, 0.3) is 0 Å². The number of aliphatic carboxylic acids is 3. The van der Waals surface area contributed by atoms with E-state index in [2.05, 4.69) is 62.3 Å². The first kappa shape index (κ1) is 48.8. The quantitative estimate of drug-likeness (QED) is 0.147. The molecule has 252 valence electrons. The van der Waals surface area contributed by atoms with Gasteiger partial charge < -0.3 is 29.7 Å². The zero-order valence-electron chi connectivity index (χ0n) is 31.0. The molecule has 0 rings (SSSR count). The SMILES string of the molecule is CC(C)(C)CCCCC(C)(C)C(=O)[O-].CC(C)(C)CCCCC(C)(C)C(=O)[O-].CC(C)(C)CCCCC(C)(C)C(=O)[O-].[Al+3]. The number of rotatable bonds is 15. The number of hydrogen-bond donors (Lipinski definition) is 0. The van der Waals surface area contributed by atoms with Crippen molar-refractivity contribution in [3.8, 4) is 0 Å². The summed E-state index contributed by atoms with van der Waals surface area (Å²) in [6, 6.07) is 0. The molecule has 0 amide bonds. The zero-order chi connectivity index (χ0) is 34.2. The number of unbranched alkanes of at least 4 members (excludes halogenated alkanes) is 3. The number of carbonyl (C=O) groups is 3. The van der Waals surface area contributed by atoms with E-state index in [-0.39, 0.29) is 17.4 Å². The average Bonchev–Trinajstić information content (AvgIpc) is 2.76. The van der Waals surface area contributed by atoms with E-state index in [4.69, 9.17) is 0 Å². The van der Waals surface area contributed by atoms with Crippen molar-refractivity contribution >= 4 is 35.3 Å². The second kappa shape index (κ2) is 20.9. The van der Waals surface area contributed by atoms with E-state index in [1.807, 2.05) is 0 Å². The van der Waals surface area contributed by atoms with Crippen molar-refractivity contribution in [3.63, 3.8) is 0 Å². The Morgan fingerprint density at radius 3 is 0.605 bits per heavy atom. The van der Waals surface area contributed by atoms with E-state index >= 15 is 0 Å². The maximum atomic E-state index is 10.7. The largest absolute Gasteiger partial charge is 3.00 e. The second-order valence-corrected chi connectivity index (χ2v) is 17.8. The molecule has 0 aliphatic rings. The van der Waals surface area contributed by atoms with Gasteiger partial charge in [0.05, 0.1) is 0 Å². The molecule has 0 bridgehead atoms. The molecule has 43 heavy (non-hydrogen) atoms. The molecule has 0 unspecified atom stereocenters. The predicted molar refractivity (Wildman–Crippen MR) is 176 cm³/mol. The Hall–Kier alpha value is -1.06. The normalized spacial score (nSPS) is 12.6. The Bertz CT molecular complexity index is 672. The van der Waals surface area contributed by atoms with Gasteiger partial charge >= 0.3 is 17.4 Å². The van der Waals surface area contributed by atoms with Crippen molar-refractivity contribution in [3.05, 3.63) is 0 Å². The topological polar surface area (TPSA) is 120 Å². The van der Waals surface area contributed by atoms with Gasteiger partial charge in [-0.1, -0.05) is 142 Å². The van der Waals surface area contributed by atoms with Crippen LogP contribution in [0.3, 0.4) is 0 Å². The van der Waals surface area contributed by atoms with Crippen LogP contribution in [0.2, 0.25) is 0 Å². The summed E-state index contributed by atoms with van der Waals surface area (Å²) in [4.78, 5) is 32.1. The summed E-state index contributed by atoms with van der Waals surface area (Å²) in [5.74, 6) is -2.81. The predicted octanol–water partition coefficient (Wildman–Crippen LogP) is 6.73. The summed E-state index contributed by atoms with van der Waals surface area (Å²) in [5.41, 5.74) is -0.948. The molecule has 0 atom stereocenters. The van der Waals surface area contributed by atoms with Crippen LogP contribution in [0.25, 0.3) is 0 Å². The van der Waals surface area contributed by atoms with Crippen LogP contribution in [-0.2, 0) is 14.4 Å². The van der Waals surface area contributed by atoms with Crippen molar-refractivity contribution in [2.24, 2.45) is 32.5 Å². The second-order valence-electron chi connectivity index (χ2n) is 17.8.